The van der Waals surface area contributed by atoms with E-state index in [0.29, 0.717) is 11.9 Å². The van der Waals surface area contributed by atoms with Gasteiger partial charge in [-0.05, 0) is 44.9 Å². The molecule has 3 fully saturated rings. The van der Waals surface area contributed by atoms with E-state index in [9.17, 15) is 4.79 Å². The summed E-state index contributed by atoms with van der Waals surface area (Å²) < 4.78 is 5.48. The highest BCUT2D eigenvalue weighted by Gasteiger charge is 2.49. The summed E-state index contributed by atoms with van der Waals surface area (Å²) in [5.74, 6) is 0.315. The number of thiophene rings is 1. The largest absolute Gasteiger partial charge is 0.381 e. The van der Waals surface area contributed by atoms with Crippen LogP contribution in [0.15, 0.2) is 12.1 Å². The highest BCUT2D eigenvalue weighted by molar-refractivity contribution is 7.16. The van der Waals surface area contributed by atoms with Crippen molar-refractivity contribution in [1.82, 2.24) is 4.90 Å². The van der Waals surface area contributed by atoms with Gasteiger partial charge in [0.25, 0.3) is 0 Å². The Hall–Kier alpha value is -0.910. The second kappa shape index (κ2) is 5.62. The van der Waals surface area contributed by atoms with Crippen LogP contribution in [0.5, 0.6) is 0 Å². The fourth-order valence-electron chi connectivity index (χ4n) is 4.27. The molecule has 22 heavy (non-hydrogen) atoms. The number of likely N-dealkylation sites (tertiary alicyclic amines) is 1. The fraction of sp³-hybridized carbons (Fsp3) is 0.706. The molecule has 5 heteroatoms. The second-order valence-electron chi connectivity index (χ2n) is 7.10. The van der Waals surface area contributed by atoms with E-state index in [2.05, 4.69) is 24.0 Å². The number of amides is 1. The SMILES string of the molecule is Cc1ccc(N2C[C@@]3(CCN(C4CCOCC4)C3)CC2=O)s1. The summed E-state index contributed by atoms with van der Waals surface area (Å²) >= 11 is 1.73. The summed E-state index contributed by atoms with van der Waals surface area (Å²) in [6, 6.07) is 4.88. The average Bonchev–Trinajstić information content (AvgIpc) is 3.20. The lowest BCUT2D eigenvalue weighted by Crippen LogP contribution is -2.40. The number of hydrogen-bond acceptors (Lipinski definition) is 4. The van der Waals surface area contributed by atoms with E-state index < -0.39 is 0 Å². The number of ether oxygens (including phenoxy) is 1. The van der Waals surface area contributed by atoms with E-state index in [0.717, 1.165) is 63.5 Å². The molecule has 1 aromatic heterocycles. The number of carbonyl (C=O) groups excluding carboxylic acids is 1. The third-order valence-corrected chi connectivity index (χ3v) is 6.51. The molecule has 1 spiro atoms. The predicted octanol–water partition coefficient (Wildman–Crippen LogP) is 2.66. The molecule has 3 aliphatic rings. The van der Waals surface area contributed by atoms with Crippen LogP contribution in [-0.4, -0.2) is 49.7 Å². The molecular weight excluding hydrogens is 296 g/mol. The Balaban J connectivity index is 1.46. The molecule has 1 amide bonds. The van der Waals surface area contributed by atoms with Crippen LogP contribution in [0.3, 0.4) is 0 Å². The summed E-state index contributed by atoms with van der Waals surface area (Å²) in [5, 5.41) is 1.13. The van der Waals surface area contributed by atoms with E-state index in [4.69, 9.17) is 4.74 Å². The maximum absolute atomic E-state index is 12.5. The number of hydrogen-bond donors (Lipinski definition) is 0. The number of anilines is 1. The molecule has 0 bridgehead atoms. The Morgan fingerprint density at radius 1 is 1.27 bits per heavy atom. The molecular formula is C17H24N2O2S. The van der Waals surface area contributed by atoms with Crippen molar-refractivity contribution in [1.29, 1.82) is 0 Å². The van der Waals surface area contributed by atoms with Crippen molar-refractivity contribution >= 4 is 22.2 Å². The normalized spacial score (nSPS) is 30.8. The molecule has 0 unspecified atom stereocenters. The molecule has 0 aliphatic carbocycles. The minimum absolute atomic E-state index is 0.188. The van der Waals surface area contributed by atoms with Gasteiger partial charge in [-0.15, -0.1) is 11.3 Å². The molecule has 0 saturated carbocycles. The molecule has 4 nitrogen and oxygen atoms in total. The van der Waals surface area contributed by atoms with Crippen molar-refractivity contribution < 1.29 is 9.53 Å². The Morgan fingerprint density at radius 2 is 2.09 bits per heavy atom. The summed E-state index contributed by atoms with van der Waals surface area (Å²) in [6.45, 7) is 7.04. The molecule has 3 aliphatic heterocycles. The summed E-state index contributed by atoms with van der Waals surface area (Å²) in [4.78, 5) is 18.5. The maximum Gasteiger partial charge on any atom is 0.228 e. The monoisotopic (exact) mass is 320 g/mol. The second-order valence-corrected chi connectivity index (χ2v) is 8.37. The van der Waals surface area contributed by atoms with Crippen LogP contribution >= 0.6 is 11.3 Å². The number of rotatable bonds is 2. The Morgan fingerprint density at radius 3 is 2.82 bits per heavy atom. The summed E-state index contributed by atoms with van der Waals surface area (Å²) in [5.41, 5.74) is 0.188. The molecule has 0 N–H and O–H groups in total. The first-order valence-electron chi connectivity index (χ1n) is 8.34. The van der Waals surface area contributed by atoms with Gasteiger partial charge in [0, 0.05) is 49.1 Å². The Kier molecular flexibility index (Phi) is 3.75. The van der Waals surface area contributed by atoms with E-state index in [1.165, 1.54) is 4.88 Å². The van der Waals surface area contributed by atoms with Crippen LogP contribution in [0.1, 0.15) is 30.6 Å². The van der Waals surface area contributed by atoms with Gasteiger partial charge in [-0.25, -0.2) is 0 Å². The van der Waals surface area contributed by atoms with Gasteiger partial charge in [0.05, 0.1) is 5.00 Å². The van der Waals surface area contributed by atoms with Crippen molar-refractivity contribution in [2.24, 2.45) is 5.41 Å². The van der Waals surface area contributed by atoms with Crippen LogP contribution in [0, 0.1) is 12.3 Å². The zero-order valence-corrected chi connectivity index (χ0v) is 14.0. The smallest absolute Gasteiger partial charge is 0.228 e. The first kappa shape index (κ1) is 14.7. The standard InChI is InChI=1S/C17H24N2O2S/c1-13-2-3-16(22-13)19-12-17(10-15(19)20)6-7-18(11-17)14-4-8-21-9-5-14/h2-3,14H,4-12H2,1H3/t17-/m0/s1. The van der Waals surface area contributed by atoms with E-state index in [1.54, 1.807) is 11.3 Å². The van der Waals surface area contributed by atoms with Gasteiger partial charge in [-0.1, -0.05) is 0 Å². The average molecular weight is 320 g/mol. The Bertz CT molecular complexity index is 567. The van der Waals surface area contributed by atoms with Crippen molar-refractivity contribution in [3.8, 4) is 0 Å². The van der Waals surface area contributed by atoms with Crippen LogP contribution in [0.25, 0.3) is 0 Å². The van der Waals surface area contributed by atoms with E-state index in [1.807, 2.05) is 4.90 Å². The van der Waals surface area contributed by atoms with Crippen LogP contribution in [-0.2, 0) is 9.53 Å². The molecule has 120 valence electrons. The third-order valence-electron chi connectivity index (χ3n) is 5.49. The van der Waals surface area contributed by atoms with Gasteiger partial charge in [-0.3, -0.25) is 9.69 Å². The molecule has 0 radical (unpaired) electrons. The minimum Gasteiger partial charge on any atom is -0.381 e. The lowest BCUT2D eigenvalue weighted by molar-refractivity contribution is -0.117. The van der Waals surface area contributed by atoms with Crippen LogP contribution in [0.4, 0.5) is 5.00 Å². The molecule has 3 saturated heterocycles. The number of nitrogens with zero attached hydrogens (tertiary/aromatic N) is 2. The van der Waals surface area contributed by atoms with Crippen molar-refractivity contribution in [3.63, 3.8) is 0 Å². The van der Waals surface area contributed by atoms with Crippen molar-refractivity contribution in [3.05, 3.63) is 17.0 Å². The summed E-state index contributed by atoms with van der Waals surface area (Å²) in [7, 11) is 0. The van der Waals surface area contributed by atoms with Crippen molar-refractivity contribution in [2.45, 2.75) is 38.6 Å². The van der Waals surface area contributed by atoms with Gasteiger partial charge >= 0.3 is 0 Å². The highest BCUT2D eigenvalue weighted by atomic mass is 32.1. The third kappa shape index (κ3) is 2.59. The first-order valence-corrected chi connectivity index (χ1v) is 9.16. The lowest BCUT2D eigenvalue weighted by Gasteiger charge is -2.32. The van der Waals surface area contributed by atoms with E-state index in [-0.39, 0.29) is 5.41 Å². The topological polar surface area (TPSA) is 32.8 Å². The van der Waals surface area contributed by atoms with Gasteiger partial charge in [0.15, 0.2) is 0 Å². The summed E-state index contributed by atoms with van der Waals surface area (Å²) in [6.07, 6.45) is 4.19. The molecule has 1 aromatic rings. The van der Waals surface area contributed by atoms with Crippen LogP contribution in [0.2, 0.25) is 0 Å². The lowest BCUT2D eigenvalue weighted by atomic mass is 9.86. The predicted molar refractivity (Wildman–Crippen MR) is 88.5 cm³/mol. The number of aryl methyl sites for hydroxylation is 1. The quantitative estimate of drug-likeness (QED) is 0.840. The maximum atomic E-state index is 12.5. The van der Waals surface area contributed by atoms with Gasteiger partial charge in [0.1, 0.15) is 0 Å². The minimum atomic E-state index is 0.188. The van der Waals surface area contributed by atoms with Crippen molar-refractivity contribution in [2.75, 3.05) is 37.7 Å². The van der Waals surface area contributed by atoms with Crippen LogP contribution < -0.4 is 4.90 Å². The molecule has 4 heterocycles. The van der Waals surface area contributed by atoms with Gasteiger partial charge in [-0.2, -0.15) is 0 Å². The molecule has 1 atom stereocenters. The highest BCUT2D eigenvalue weighted by Crippen LogP contribution is 2.44. The van der Waals surface area contributed by atoms with Gasteiger partial charge < -0.3 is 9.64 Å². The molecule has 4 rings (SSSR count). The van der Waals surface area contributed by atoms with E-state index >= 15 is 0 Å². The fourth-order valence-corrected chi connectivity index (χ4v) is 5.15. The Labute approximate surface area is 136 Å². The first-order chi connectivity index (χ1) is 10.7. The zero-order chi connectivity index (χ0) is 15.2. The molecule has 0 aromatic carbocycles. The zero-order valence-electron chi connectivity index (χ0n) is 13.2. The number of carbonyl (C=O) groups is 1. The van der Waals surface area contributed by atoms with Gasteiger partial charge in [0.2, 0.25) is 5.91 Å².